The number of piperidine rings is 3. The minimum Gasteiger partial charge on any atom is -0.492 e. The van der Waals surface area contributed by atoms with E-state index in [1.54, 1.807) is 36.1 Å². The van der Waals surface area contributed by atoms with Gasteiger partial charge in [-0.3, -0.25) is 39.1 Å². The van der Waals surface area contributed by atoms with Crippen molar-refractivity contribution in [2.45, 2.75) is 76.1 Å². The summed E-state index contributed by atoms with van der Waals surface area (Å²) in [5.41, 5.74) is 2.72. The van der Waals surface area contributed by atoms with Crippen LogP contribution < -0.4 is 25.0 Å². The van der Waals surface area contributed by atoms with Gasteiger partial charge in [0.15, 0.2) is 0 Å². The van der Waals surface area contributed by atoms with E-state index in [0.717, 1.165) is 72.9 Å². The number of fused-ring (bicyclic) bond motifs is 1. The summed E-state index contributed by atoms with van der Waals surface area (Å²) in [5.74, 6) is -0.760. The topological polar surface area (TPSA) is 198 Å². The highest BCUT2D eigenvalue weighted by Crippen LogP contribution is 2.34. The van der Waals surface area contributed by atoms with E-state index < -0.39 is 29.1 Å². The molecule has 7 heterocycles. The van der Waals surface area contributed by atoms with Gasteiger partial charge >= 0.3 is 0 Å². The Morgan fingerprint density at radius 1 is 0.946 bits per heavy atom. The van der Waals surface area contributed by atoms with Crippen molar-refractivity contribution < 1.29 is 42.2 Å². The van der Waals surface area contributed by atoms with Crippen molar-refractivity contribution in [3.05, 3.63) is 107 Å². The van der Waals surface area contributed by atoms with Crippen molar-refractivity contribution in [2.75, 3.05) is 84.0 Å². The minimum atomic E-state index is -0.807. The van der Waals surface area contributed by atoms with Crippen LogP contribution in [-0.2, 0) is 20.9 Å². The first kappa shape index (κ1) is 51.6. The predicted octanol–water partition coefficient (Wildman–Crippen LogP) is 4.84. The second kappa shape index (κ2) is 22.8. The number of piperazine rings is 1. The average molecular weight is 1010 g/mol. The molecule has 20 heteroatoms. The van der Waals surface area contributed by atoms with Crippen molar-refractivity contribution in [3.63, 3.8) is 0 Å². The van der Waals surface area contributed by atoms with Crippen LogP contribution in [0.1, 0.15) is 83.7 Å². The number of pyridine rings is 2. The number of nitriles is 1. The molecule has 4 fully saturated rings. The summed E-state index contributed by atoms with van der Waals surface area (Å²) in [6, 6.07) is 15.7. The van der Waals surface area contributed by atoms with Crippen LogP contribution in [0.25, 0.3) is 16.6 Å². The first-order valence-corrected chi connectivity index (χ1v) is 25.3. The molecule has 0 bridgehead atoms. The van der Waals surface area contributed by atoms with Crippen molar-refractivity contribution in [3.8, 4) is 28.7 Å². The van der Waals surface area contributed by atoms with Gasteiger partial charge in [-0.1, -0.05) is 0 Å². The van der Waals surface area contributed by atoms with Gasteiger partial charge in [0.2, 0.25) is 17.7 Å². The molecule has 388 valence electrons. The third-order valence-electron chi connectivity index (χ3n) is 14.8. The van der Waals surface area contributed by atoms with Crippen LogP contribution in [-0.4, -0.2) is 161 Å². The molecule has 0 spiro atoms. The highest BCUT2D eigenvalue weighted by molar-refractivity contribution is 6.00. The first-order valence-electron chi connectivity index (χ1n) is 25.3. The number of hydrogen-bond donors (Lipinski definition) is 2. The number of halogens is 2. The second-order valence-corrected chi connectivity index (χ2v) is 19.7. The lowest BCUT2D eigenvalue weighted by atomic mass is 9.86. The summed E-state index contributed by atoms with van der Waals surface area (Å²) in [5, 5.41) is 19.7. The Balaban J connectivity index is 0.770. The van der Waals surface area contributed by atoms with Crippen LogP contribution in [0.3, 0.4) is 0 Å². The Kier molecular flexibility index (Phi) is 15.9. The van der Waals surface area contributed by atoms with Gasteiger partial charge in [0.25, 0.3) is 5.91 Å². The monoisotopic (exact) mass is 1010 g/mol. The van der Waals surface area contributed by atoms with E-state index in [1.165, 1.54) is 6.20 Å². The summed E-state index contributed by atoms with van der Waals surface area (Å²) in [6.07, 6.45) is 9.36. The lowest BCUT2D eigenvalue weighted by molar-refractivity contribution is -0.137. The fourth-order valence-electron chi connectivity index (χ4n) is 10.7. The normalized spacial score (nSPS) is 18.8. The Hall–Kier alpha value is -7.34. The third kappa shape index (κ3) is 11.9. The van der Waals surface area contributed by atoms with E-state index in [2.05, 4.69) is 36.5 Å². The van der Waals surface area contributed by atoms with Gasteiger partial charge in [0.05, 0.1) is 47.2 Å². The number of hydrogen-bond acceptors (Lipinski definition) is 14. The predicted molar refractivity (Wildman–Crippen MR) is 270 cm³/mol. The van der Waals surface area contributed by atoms with Gasteiger partial charge in [-0.15, -0.1) is 0 Å². The van der Waals surface area contributed by atoms with Gasteiger partial charge < -0.3 is 29.5 Å². The van der Waals surface area contributed by atoms with E-state index in [4.69, 9.17) is 14.5 Å². The largest absolute Gasteiger partial charge is 0.492 e. The van der Waals surface area contributed by atoms with Gasteiger partial charge in [0.1, 0.15) is 47.4 Å². The van der Waals surface area contributed by atoms with Crippen LogP contribution in [0.2, 0.25) is 0 Å². The fourth-order valence-corrected chi connectivity index (χ4v) is 10.7. The molecule has 4 amide bonds. The van der Waals surface area contributed by atoms with Crippen molar-refractivity contribution in [1.82, 2.24) is 44.8 Å². The molecular formula is C54H61F2N11O7. The number of carbonyl (C=O) groups excluding carboxylic acids is 5. The molecule has 4 aliphatic heterocycles. The van der Waals surface area contributed by atoms with Crippen molar-refractivity contribution in [2.24, 2.45) is 0 Å². The molecule has 5 aromatic rings. The molecule has 4 saturated heterocycles. The molecule has 4 aliphatic rings. The number of carbonyl (C=O) groups is 5. The number of amides is 4. The van der Waals surface area contributed by atoms with E-state index in [0.29, 0.717) is 119 Å². The number of nitrogens with one attached hydrogen (secondary N) is 2. The number of rotatable bonds is 17. The van der Waals surface area contributed by atoms with Crippen LogP contribution in [0, 0.1) is 23.0 Å². The molecule has 18 nitrogen and oxygen atoms in total. The quantitative estimate of drug-likeness (QED) is 0.0948. The number of benzene rings is 2. The zero-order valence-electron chi connectivity index (χ0n) is 41.7. The molecule has 1 atom stereocenters. The summed E-state index contributed by atoms with van der Waals surface area (Å²) < 4.78 is 43.0. The summed E-state index contributed by atoms with van der Waals surface area (Å²) >= 11 is 0. The average Bonchev–Trinajstić information content (AvgIpc) is 3.83. The Morgan fingerprint density at radius 3 is 2.43 bits per heavy atom. The molecule has 74 heavy (non-hydrogen) atoms. The van der Waals surface area contributed by atoms with E-state index >= 15 is 0 Å². The molecule has 1 unspecified atom stereocenters. The standard InChI is InChI=1S/C54H61F2N11O7/c1-3-73-43-28-44(51-39(29-57)31-59-67(51)33-43)36-5-10-48(58-30-36)65-20-15-54(16-21-65,61-52(71)45-27-40(55)6-8-46(45)56)35-64-22-24-66(25-23-64)50(70)14-19-63-17-12-41(13-18-63)74-42-7-4-37(34-68)38(26-42)32-62(2)47-9-11-49(69)60-53(47)72/h4-8,10,26-28,30-31,33-34,41,47H,3,9,11-25,32,35H2,1-2H3,(H,61,71)(H,60,69,72). The molecule has 9 rings (SSSR count). The molecule has 0 radical (unpaired) electrons. The van der Waals surface area contributed by atoms with E-state index in [1.807, 2.05) is 41.0 Å². The number of aromatic nitrogens is 3. The fraction of sp³-hybridized carbons (Fsp3) is 0.444. The van der Waals surface area contributed by atoms with E-state index in [-0.39, 0.29) is 35.8 Å². The van der Waals surface area contributed by atoms with Crippen LogP contribution in [0.4, 0.5) is 14.6 Å². The first-order chi connectivity index (χ1) is 35.8. The lowest BCUT2D eigenvalue weighted by Crippen LogP contribution is -2.62. The number of likely N-dealkylation sites (N-methyl/N-ethyl adjacent to an activating group) is 1. The number of ether oxygens (including phenoxy) is 2. The molecular weight excluding hydrogens is 953 g/mol. The maximum absolute atomic E-state index is 14.9. The summed E-state index contributed by atoms with van der Waals surface area (Å²) in [6.45, 7) is 8.53. The smallest absolute Gasteiger partial charge is 0.254 e. The summed E-state index contributed by atoms with van der Waals surface area (Å²) in [7, 11) is 1.80. The highest BCUT2D eigenvalue weighted by atomic mass is 19.1. The van der Waals surface area contributed by atoms with Gasteiger partial charge in [-0.2, -0.15) is 10.4 Å². The van der Waals surface area contributed by atoms with Gasteiger partial charge in [0, 0.05) is 108 Å². The SMILES string of the molecule is CCOc1cc(-c2ccc(N3CCC(CN4CCN(C(=O)CCN5CCC(Oc6ccc(C=O)c(CN(C)C7CCC(=O)NC7=O)c6)CC5)CC4)(NC(=O)c4cc(F)ccc4F)CC3)nc2)c2c(C#N)cnn2c1. The molecule has 0 saturated carbocycles. The Labute approximate surface area is 428 Å². The zero-order valence-corrected chi connectivity index (χ0v) is 41.7. The van der Waals surface area contributed by atoms with E-state index in [9.17, 15) is 38.0 Å². The lowest BCUT2D eigenvalue weighted by Gasteiger charge is -2.46. The molecule has 0 aliphatic carbocycles. The van der Waals surface area contributed by atoms with Crippen LogP contribution >= 0.6 is 0 Å². The number of likely N-dealkylation sites (tertiary alicyclic amines) is 1. The zero-order chi connectivity index (χ0) is 51.9. The van der Waals surface area contributed by atoms with Gasteiger partial charge in [-0.25, -0.2) is 18.3 Å². The maximum atomic E-state index is 14.9. The van der Waals surface area contributed by atoms with Crippen molar-refractivity contribution in [1.29, 1.82) is 5.26 Å². The summed E-state index contributed by atoms with van der Waals surface area (Å²) in [4.78, 5) is 78.5. The minimum absolute atomic E-state index is 0.0418. The third-order valence-corrected chi connectivity index (χ3v) is 14.8. The highest BCUT2D eigenvalue weighted by Gasteiger charge is 2.40. The number of imide groups is 1. The van der Waals surface area contributed by atoms with Crippen LogP contribution in [0.15, 0.2) is 73.2 Å². The van der Waals surface area contributed by atoms with Crippen molar-refractivity contribution >= 4 is 41.2 Å². The number of aldehydes is 1. The molecule has 3 aromatic heterocycles. The Bertz CT molecular complexity index is 2920. The second-order valence-electron chi connectivity index (χ2n) is 19.7. The van der Waals surface area contributed by atoms with Crippen LogP contribution in [0.5, 0.6) is 11.5 Å². The van der Waals surface area contributed by atoms with Gasteiger partial charge in [-0.05, 0) is 106 Å². The number of anilines is 1. The molecule has 2 N–H and O–H groups in total. The number of nitrogens with zero attached hydrogens (tertiary/aromatic N) is 9. The maximum Gasteiger partial charge on any atom is 0.254 e. The Morgan fingerprint density at radius 2 is 1.73 bits per heavy atom. The molecule has 2 aromatic carbocycles.